The van der Waals surface area contributed by atoms with Crippen molar-refractivity contribution in [1.29, 1.82) is 0 Å². The van der Waals surface area contributed by atoms with Crippen LogP contribution in [-0.4, -0.2) is 28.6 Å². The third-order valence-corrected chi connectivity index (χ3v) is 1.87. The number of nitrogens with one attached hydrogen (secondary N) is 1. The Morgan fingerprint density at radius 3 is 2.94 bits per heavy atom. The summed E-state index contributed by atoms with van der Waals surface area (Å²) < 4.78 is 4.98. The molecule has 0 saturated heterocycles. The van der Waals surface area contributed by atoms with Crippen molar-refractivity contribution in [2.24, 2.45) is 5.73 Å². The number of carbonyl (C=O) groups is 1. The van der Waals surface area contributed by atoms with Crippen molar-refractivity contribution in [3.05, 3.63) is 11.7 Å². The van der Waals surface area contributed by atoms with Gasteiger partial charge in [0.2, 0.25) is 11.8 Å². The number of nitrogens with two attached hydrogens (primary N) is 1. The molecule has 0 spiro atoms. The Bertz CT molecular complexity index is 335. The van der Waals surface area contributed by atoms with Gasteiger partial charge in [-0.2, -0.15) is 4.98 Å². The Morgan fingerprint density at radius 2 is 2.31 bits per heavy atom. The van der Waals surface area contributed by atoms with Crippen LogP contribution in [-0.2, 0) is 17.6 Å². The van der Waals surface area contributed by atoms with Gasteiger partial charge in [-0.25, -0.2) is 0 Å². The molecule has 1 heterocycles. The van der Waals surface area contributed by atoms with E-state index in [1.807, 2.05) is 13.8 Å². The summed E-state index contributed by atoms with van der Waals surface area (Å²) in [5.74, 6) is 0.865. The Labute approximate surface area is 94.6 Å². The average Bonchev–Trinajstić information content (AvgIpc) is 2.61. The van der Waals surface area contributed by atoms with Gasteiger partial charge < -0.3 is 15.6 Å². The van der Waals surface area contributed by atoms with Crippen molar-refractivity contribution in [3.63, 3.8) is 0 Å². The molecule has 0 aliphatic rings. The van der Waals surface area contributed by atoms with Crippen LogP contribution in [0.25, 0.3) is 0 Å². The van der Waals surface area contributed by atoms with Gasteiger partial charge in [-0.15, -0.1) is 0 Å². The van der Waals surface area contributed by atoms with E-state index >= 15 is 0 Å². The monoisotopic (exact) mass is 226 g/mol. The van der Waals surface area contributed by atoms with Gasteiger partial charge in [0, 0.05) is 12.5 Å². The summed E-state index contributed by atoms with van der Waals surface area (Å²) >= 11 is 0. The van der Waals surface area contributed by atoms with E-state index in [1.165, 1.54) is 0 Å². The van der Waals surface area contributed by atoms with E-state index in [1.54, 1.807) is 0 Å². The van der Waals surface area contributed by atoms with Crippen molar-refractivity contribution < 1.29 is 9.32 Å². The highest BCUT2D eigenvalue weighted by molar-refractivity contribution is 5.77. The molecule has 0 saturated carbocycles. The Morgan fingerprint density at radius 1 is 1.56 bits per heavy atom. The predicted octanol–water partition coefficient (Wildman–Crippen LogP) is 0.0280. The van der Waals surface area contributed by atoms with Crippen LogP contribution in [0.4, 0.5) is 0 Å². The molecule has 1 rings (SSSR count). The molecule has 90 valence electrons. The number of rotatable bonds is 6. The topological polar surface area (TPSA) is 94.0 Å². The van der Waals surface area contributed by atoms with Crippen LogP contribution in [0.15, 0.2) is 4.52 Å². The standard InChI is InChI=1S/C10H18N4O2/c1-7(2)12-9(15)6-8-13-10(16-14-8)4-3-5-11/h7H,3-6,11H2,1-2H3,(H,12,15). The summed E-state index contributed by atoms with van der Waals surface area (Å²) in [7, 11) is 0. The molecule has 0 atom stereocenters. The summed E-state index contributed by atoms with van der Waals surface area (Å²) in [6.45, 7) is 4.40. The first-order valence-corrected chi connectivity index (χ1v) is 5.42. The van der Waals surface area contributed by atoms with Gasteiger partial charge in [0.25, 0.3) is 0 Å². The van der Waals surface area contributed by atoms with E-state index in [4.69, 9.17) is 10.3 Å². The zero-order valence-corrected chi connectivity index (χ0v) is 9.69. The van der Waals surface area contributed by atoms with Crippen LogP contribution in [0.2, 0.25) is 0 Å². The highest BCUT2D eigenvalue weighted by atomic mass is 16.5. The minimum absolute atomic E-state index is 0.0961. The molecule has 16 heavy (non-hydrogen) atoms. The average molecular weight is 226 g/mol. The lowest BCUT2D eigenvalue weighted by Gasteiger charge is -2.05. The summed E-state index contributed by atoms with van der Waals surface area (Å²) in [6.07, 6.45) is 1.62. The Hall–Kier alpha value is -1.43. The van der Waals surface area contributed by atoms with Gasteiger partial charge in [0.1, 0.15) is 0 Å². The lowest BCUT2D eigenvalue weighted by Crippen LogP contribution is -2.31. The molecule has 1 aromatic rings. The number of amides is 1. The maximum Gasteiger partial charge on any atom is 0.228 e. The Kier molecular flexibility index (Phi) is 4.91. The van der Waals surface area contributed by atoms with Crippen LogP contribution >= 0.6 is 0 Å². The fraction of sp³-hybridized carbons (Fsp3) is 0.700. The molecule has 0 bridgehead atoms. The molecule has 6 heteroatoms. The van der Waals surface area contributed by atoms with Crippen molar-refractivity contribution in [2.75, 3.05) is 6.54 Å². The van der Waals surface area contributed by atoms with Gasteiger partial charge in [0.05, 0.1) is 6.42 Å². The van der Waals surface area contributed by atoms with Crippen LogP contribution in [0.1, 0.15) is 32.0 Å². The summed E-state index contributed by atoms with van der Waals surface area (Å²) in [4.78, 5) is 15.5. The number of nitrogens with zero attached hydrogens (tertiary/aromatic N) is 2. The summed E-state index contributed by atoms with van der Waals surface area (Å²) in [5.41, 5.74) is 5.36. The van der Waals surface area contributed by atoms with Crippen molar-refractivity contribution in [2.45, 2.75) is 39.2 Å². The van der Waals surface area contributed by atoms with Crippen LogP contribution in [0, 0.1) is 0 Å². The first kappa shape index (κ1) is 12.6. The second kappa shape index (κ2) is 6.22. The Balaban J connectivity index is 2.42. The molecule has 6 nitrogen and oxygen atoms in total. The number of aromatic nitrogens is 2. The molecule has 1 aromatic heterocycles. The molecule has 3 N–H and O–H groups in total. The minimum atomic E-state index is -0.0961. The van der Waals surface area contributed by atoms with E-state index in [-0.39, 0.29) is 18.4 Å². The molecule has 0 fully saturated rings. The summed E-state index contributed by atoms with van der Waals surface area (Å²) in [6, 6.07) is 0.121. The molecule has 0 aliphatic heterocycles. The van der Waals surface area contributed by atoms with E-state index < -0.39 is 0 Å². The van der Waals surface area contributed by atoms with Crippen LogP contribution in [0.3, 0.4) is 0 Å². The maximum atomic E-state index is 11.4. The van der Waals surface area contributed by atoms with Crippen molar-refractivity contribution in [3.8, 4) is 0 Å². The van der Waals surface area contributed by atoms with Crippen molar-refractivity contribution in [1.82, 2.24) is 15.5 Å². The van der Waals surface area contributed by atoms with Gasteiger partial charge in [-0.1, -0.05) is 5.16 Å². The lowest BCUT2D eigenvalue weighted by molar-refractivity contribution is -0.121. The number of hydrogen-bond donors (Lipinski definition) is 2. The fourth-order valence-electron chi connectivity index (χ4n) is 1.23. The SMILES string of the molecule is CC(C)NC(=O)Cc1noc(CCCN)n1. The normalized spacial score (nSPS) is 10.8. The number of aryl methyl sites for hydroxylation is 1. The van der Waals surface area contributed by atoms with Crippen LogP contribution in [0.5, 0.6) is 0 Å². The molecule has 0 aliphatic carbocycles. The number of carbonyl (C=O) groups excluding carboxylic acids is 1. The minimum Gasteiger partial charge on any atom is -0.354 e. The molecular formula is C10H18N4O2. The van der Waals surface area contributed by atoms with Crippen LogP contribution < -0.4 is 11.1 Å². The molecule has 0 unspecified atom stereocenters. The lowest BCUT2D eigenvalue weighted by atomic mass is 10.3. The van der Waals surface area contributed by atoms with Gasteiger partial charge in [-0.05, 0) is 26.8 Å². The van der Waals surface area contributed by atoms with Crippen molar-refractivity contribution >= 4 is 5.91 Å². The highest BCUT2D eigenvalue weighted by Gasteiger charge is 2.11. The highest BCUT2D eigenvalue weighted by Crippen LogP contribution is 2.01. The van der Waals surface area contributed by atoms with E-state index in [0.717, 1.165) is 6.42 Å². The number of hydrogen-bond acceptors (Lipinski definition) is 5. The fourth-order valence-corrected chi connectivity index (χ4v) is 1.23. The quantitative estimate of drug-likeness (QED) is 0.713. The van der Waals surface area contributed by atoms with Gasteiger partial charge in [0.15, 0.2) is 5.82 Å². The second-order valence-electron chi connectivity index (χ2n) is 3.90. The third-order valence-electron chi connectivity index (χ3n) is 1.87. The largest absolute Gasteiger partial charge is 0.354 e. The van der Waals surface area contributed by atoms with Gasteiger partial charge >= 0.3 is 0 Å². The molecular weight excluding hydrogens is 208 g/mol. The maximum absolute atomic E-state index is 11.4. The van der Waals surface area contributed by atoms with E-state index in [2.05, 4.69) is 15.5 Å². The third kappa shape index (κ3) is 4.39. The first-order chi connectivity index (χ1) is 7.61. The molecule has 0 aromatic carbocycles. The predicted molar refractivity (Wildman–Crippen MR) is 58.7 cm³/mol. The molecule has 1 amide bonds. The molecule has 0 radical (unpaired) electrons. The smallest absolute Gasteiger partial charge is 0.228 e. The van der Waals surface area contributed by atoms with E-state index in [0.29, 0.717) is 24.7 Å². The van der Waals surface area contributed by atoms with E-state index in [9.17, 15) is 4.79 Å². The zero-order chi connectivity index (χ0) is 12.0. The second-order valence-corrected chi connectivity index (χ2v) is 3.90. The zero-order valence-electron chi connectivity index (χ0n) is 9.69. The van der Waals surface area contributed by atoms with Gasteiger partial charge in [-0.3, -0.25) is 4.79 Å². The first-order valence-electron chi connectivity index (χ1n) is 5.42. The summed E-state index contributed by atoms with van der Waals surface area (Å²) in [5, 5.41) is 6.49.